The van der Waals surface area contributed by atoms with E-state index < -0.39 is 32.1 Å². The Morgan fingerprint density at radius 1 is 1.19 bits per heavy atom. The molecule has 0 aromatic carbocycles. The highest BCUT2D eigenvalue weighted by Gasteiger charge is 2.42. The normalized spacial score (nSPS) is 21.3. The van der Waals surface area contributed by atoms with E-state index in [0.29, 0.717) is 0 Å². The standard InChI is InChI=1S/C20H37NO5Si/c1-14-11-10-12-15(26-27(8,9)20(5,6)7)17(14)24-16(22)13-21-18(23)25-19(2,3)4/h11,15,17H,10,12-13H2,1-9H3,(H,21,23)/t15-,17+/m0/s1. The van der Waals surface area contributed by atoms with E-state index in [1.165, 1.54) is 0 Å². The number of ether oxygens (including phenoxy) is 2. The van der Waals surface area contributed by atoms with Crippen molar-refractivity contribution in [3.8, 4) is 0 Å². The Morgan fingerprint density at radius 2 is 1.78 bits per heavy atom. The second-order valence-electron chi connectivity index (χ2n) is 9.71. The molecule has 0 aliphatic heterocycles. The first kappa shape index (κ1) is 23.7. The molecule has 7 heteroatoms. The number of carbonyl (C=O) groups excluding carboxylic acids is 2. The maximum absolute atomic E-state index is 12.3. The number of esters is 1. The molecular formula is C20H37NO5Si. The van der Waals surface area contributed by atoms with Crippen molar-refractivity contribution < 1.29 is 23.5 Å². The molecule has 1 amide bonds. The lowest BCUT2D eigenvalue weighted by Crippen LogP contribution is -2.49. The molecule has 0 radical (unpaired) electrons. The summed E-state index contributed by atoms with van der Waals surface area (Å²) in [7, 11) is -1.99. The summed E-state index contributed by atoms with van der Waals surface area (Å²) >= 11 is 0. The van der Waals surface area contributed by atoms with Crippen molar-refractivity contribution >= 4 is 20.4 Å². The zero-order valence-electron chi connectivity index (χ0n) is 18.4. The second kappa shape index (κ2) is 8.77. The number of hydrogen-bond donors (Lipinski definition) is 1. The molecule has 0 heterocycles. The third-order valence-electron chi connectivity index (χ3n) is 4.99. The Kier molecular flexibility index (Phi) is 7.70. The molecule has 2 atom stereocenters. The van der Waals surface area contributed by atoms with Crippen molar-refractivity contribution in [2.75, 3.05) is 6.54 Å². The number of hydrogen-bond acceptors (Lipinski definition) is 5. The van der Waals surface area contributed by atoms with E-state index in [-0.39, 0.29) is 17.7 Å². The van der Waals surface area contributed by atoms with Gasteiger partial charge in [0.15, 0.2) is 8.32 Å². The van der Waals surface area contributed by atoms with Gasteiger partial charge in [-0.05, 0) is 64.2 Å². The summed E-state index contributed by atoms with van der Waals surface area (Å²) in [5.74, 6) is -0.496. The minimum Gasteiger partial charge on any atom is -0.454 e. The molecule has 0 aromatic heterocycles. The third kappa shape index (κ3) is 7.66. The van der Waals surface area contributed by atoms with Crippen LogP contribution in [0.4, 0.5) is 4.79 Å². The monoisotopic (exact) mass is 399 g/mol. The van der Waals surface area contributed by atoms with Crippen LogP contribution in [0.1, 0.15) is 61.3 Å². The van der Waals surface area contributed by atoms with Crippen LogP contribution in [0.2, 0.25) is 18.1 Å². The van der Waals surface area contributed by atoms with E-state index in [9.17, 15) is 9.59 Å². The zero-order valence-corrected chi connectivity index (χ0v) is 19.4. The Labute approximate surface area is 165 Å². The summed E-state index contributed by atoms with van der Waals surface area (Å²) < 4.78 is 17.3. The highest BCUT2D eigenvalue weighted by Crippen LogP contribution is 2.39. The summed E-state index contributed by atoms with van der Waals surface area (Å²) in [4.78, 5) is 24.0. The summed E-state index contributed by atoms with van der Waals surface area (Å²) in [6, 6.07) is 0. The van der Waals surface area contributed by atoms with E-state index >= 15 is 0 Å². The molecule has 1 rings (SSSR count). The van der Waals surface area contributed by atoms with Crippen molar-refractivity contribution in [3.63, 3.8) is 0 Å². The van der Waals surface area contributed by atoms with Gasteiger partial charge in [-0.25, -0.2) is 4.79 Å². The second-order valence-corrected chi connectivity index (χ2v) is 14.5. The van der Waals surface area contributed by atoms with Gasteiger partial charge in [-0.3, -0.25) is 4.79 Å². The van der Waals surface area contributed by atoms with Gasteiger partial charge in [0.25, 0.3) is 0 Å². The van der Waals surface area contributed by atoms with Gasteiger partial charge in [0.2, 0.25) is 0 Å². The van der Waals surface area contributed by atoms with Crippen molar-refractivity contribution in [1.82, 2.24) is 5.32 Å². The summed E-state index contributed by atoms with van der Waals surface area (Å²) in [5, 5.41) is 2.52. The van der Waals surface area contributed by atoms with Crippen molar-refractivity contribution in [2.45, 2.75) is 97.2 Å². The maximum atomic E-state index is 12.3. The molecule has 0 saturated heterocycles. The molecule has 0 fully saturated rings. The molecule has 27 heavy (non-hydrogen) atoms. The fraction of sp³-hybridized carbons (Fsp3) is 0.800. The van der Waals surface area contributed by atoms with Crippen molar-refractivity contribution in [2.24, 2.45) is 0 Å². The number of rotatable bonds is 5. The van der Waals surface area contributed by atoms with Crippen LogP contribution in [0.3, 0.4) is 0 Å². The van der Waals surface area contributed by atoms with Crippen molar-refractivity contribution in [3.05, 3.63) is 11.6 Å². The first-order valence-electron chi connectivity index (χ1n) is 9.63. The lowest BCUT2D eigenvalue weighted by atomic mass is 9.95. The Bertz CT molecular complexity index is 572. The smallest absolute Gasteiger partial charge is 0.408 e. The van der Waals surface area contributed by atoms with E-state index in [0.717, 1.165) is 18.4 Å². The molecule has 0 saturated carbocycles. The Hall–Kier alpha value is -1.34. The van der Waals surface area contributed by atoms with Crippen LogP contribution in [-0.4, -0.2) is 44.7 Å². The third-order valence-corrected chi connectivity index (χ3v) is 9.49. The van der Waals surface area contributed by atoms with Crippen LogP contribution < -0.4 is 5.32 Å². The number of alkyl carbamates (subject to hydrolysis) is 1. The molecule has 0 spiro atoms. The lowest BCUT2D eigenvalue weighted by Gasteiger charge is -2.42. The van der Waals surface area contributed by atoms with E-state index in [1.807, 2.05) is 6.92 Å². The Morgan fingerprint density at radius 3 is 2.30 bits per heavy atom. The number of amides is 1. The van der Waals surface area contributed by atoms with Crippen LogP contribution in [-0.2, 0) is 18.7 Å². The molecule has 1 aliphatic carbocycles. The van der Waals surface area contributed by atoms with Crippen LogP contribution >= 0.6 is 0 Å². The van der Waals surface area contributed by atoms with Crippen LogP contribution in [0.25, 0.3) is 0 Å². The first-order valence-corrected chi connectivity index (χ1v) is 12.5. The highest BCUT2D eigenvalue weighted by atomic mass is 28.4. The first-order chi connectivity index (χ1) is 12.1. The fourth-order valence-electron chi connectivity index (χ4n) is 2.52. The highest BCUT2D eigenvalue weighted by molar-refractivity contribution is 6.74. The molecular weight excluding hydrogens is 362 g/mol. The van der Waals surface area contributed by atoms with Crippen LogP contribution in [0.15, 0.2) is 11.6 Å². The van der Waals surface area contributed by atoms with E-state index in [1.54, 1.807) is 20.8 Å². The number of carbonyl (C=O) groups is 2. The average molecular weight is 400 g/mol. The van der Waals surface area contributed by atoms with Gasteiger partial charge >= 0.3 is 12.1 Å². The summed E-state index contributed by atoms with van der Waals surface area (Å²) in [6.07, 6.45) is 2.62. The topological polar surface area (TPSA) is 73.9 Å². The minimum absolute atomic E-state index is 0.0783. The van der Waals surface area contributed by atoms with Gasteiger partial charge < -0.3 is 19.2 Å². The largest absolute Gasteiger partial charge is 0.454 e. The zero-order chi connectivity index (χ0) is 21.0. The van der Waals surface area contributed by atoms with Gasteiger partial charge in [-0.2, -0.15) is 0 Å². The van der Waals surface area contributed by atoms with Gasteiger partial charge in [0.1, 0.15) is 18.2 Å². The van der Waals surface area contributed by atoms with E-state index in [2.05, 4.69) is 45.3 Å². The molecule has 6 nitrogen and oxygen atoms in total. The van der Waals surface area contributed by atoms with Crippen molar-refractivity contribution in [1.29, 1.82) is 0 Å². The fourth-order valence-corrected chi connectivity index (χ4v) is 3.87. The van der Waals surface area contributed by atoms with Crippen LogP contribution in [0.5, 0.6) is 0 Å². The summed E-state index contributed by atoms with van der Waals surface area (Å²) in [5.41, 5.74) is 0.384. The average Bonchev–Trinajstić information content (AvgIpc) is 2.45. The minimum atomic E-state index is -1.99. The molecule has 0 aromatic rings. The number of nitrogens with one attached hydrogen (secondary N) is 1. The molecule has 156 valence electrons. The molecule has 0 bridgehead atoms. The number of allylic oxidation sites excluding steroid dienone is 1. The van der Waals surface area contributed by atoms with Gasteiger partial charge in [-0.1, -0.05) is 26.8 Å². The SMILES string of the molecule is CC1=CCC[C@H](O[Si](C)(C)C(C)(C)C)[C@@H]1OC(=O)CNC(=O)OC(C)(C)C. The van der Waals surface area contributed by atoms with Gasteiger partial charge in [0, 0.05) is 0 Å². The van der Waals surface area contributed by atoms with Gasteiger partial charge in [0.05, 0.1) is 6.10 Å². The lowest BCUT2D eigenvalue weighted by molar-refractivity contribution is -0.151. The van der Waals surface area contributed by atoms with E-state index in [4.69, 9.17) is 13.9 Å². The summed E-state index contributed by atoms with van der Waals surface area (Å²) in [6.45, 7) is 18.0. The Balaban J connectivity index is 2.71. The predicted molar refractivity (Wildman–Crippen MR) is 109 cm³/mol. The predicted octanol–water partition coefficient (Wildman–Crippen LogP) is 4.55. The molecule has 0 unspecified atom stereocenters. The molecule has 1 N–H and O–H groups in total. The quantitative estimate of drug-likeness (QED) is 0.417. The van der Waals surface area contributed by atoms with Crippen LogP contribution in [0, 0.1) is 0 Å². The maximum Gasteiger partial charge on any atom is 0.408 e. The van der Waals surface area contributed by atoms with Gasteiger partial charge in [-0.15, -0.1) is 0 Å². The molecule has 1 aliphatic rings.